The summed E-state index contributed by atoms with van der Waals surface area (Å²) in [7, 11) is 0. The maximum Gasteiger partial charge on any atom is 0.309 e. The van der Waals surface area contributed by atoms with E-state index in [1.54, 1.807) is 0 Å². The third-order valence-electron chi connectivity index (χ3n) is 2.45. The summed E-state index contributed by atoms with van der Waals surface area (Å²) in [6, 6.07) is 4.14. The van der Waals surface area contributed by atoms with Gasteiger partial charge in [-0.05, 0) is 32.4 Å². The molecule has 1 N–H and O–H groups in total. The summed E-state index contributed by atoms with van der Waals surface area (Å²) >= 11 is 5.76. The van der Waals surface area contributed by atoms with Gasteiger partial charge in [-0.25, -0.2) is 0 Å². The van der Waals surface area contributed by atoms with Crippen LogP contribution in [0.4, 0.5) is 5.69 Å². The first-order valence-electron chi connectivity index (χ1n) is 4.90. The molecule has 0 aliphatic carbocycles. The van der Waals surface area contributed by atoms with E-state index in [-0.39, 0.29) is 12.1 Å². The van der Waals surface area contributed by atoms with Gasteiger partial charge in [0.2, 0.25) is 0 Å². The molecule has 0 spiro atoms. The third kappa shape index (κ3) is 3.17. The number of carboxylic acid groups (broad SMARTS) is 1. The zero-order valence-electron chi connectivity index (χ0n) is 9.44. The average Bonchev–Trinajstić information content (AvgIpc) is 2.15. The molecule has 0 fully saturated rings. The van der Waals surface area contributed by atoms with Crippen molar-refractivity contribution in [3.8, 4) is 0 Å². The highest BCUT2D eigenvalue weighted by Crippen LogP contribution is 2.30. The highest BCUT2D eigenvalue weighted by molar-refractivity contribution is 6.30. The van der Waals surface area contributed by atoms with Gasteiger partial charge in [0, 0.05) is 16.7 Å². The van der Waals surface area contributed by atoms with Crippen LogP contribution < -0.4 is 0 Å². The zero-order chi connectivity index (χ0) is 13.2. The van der Waals surface area contributed by atoms with Gasteiger partial charge in [-0.3, -0.25) is 14.9 Å². The first-order chi connectivity index (χ1) is 7.74. The first kappa shape index (κ1) is 13.4. The first-order valence-corrected chi connectivity index (χ1v) is 5.28. The summed E-state index contributed by atoms with van der Waals surface area (Å²) in [6.45, 7) is 3.03. The topological polar surface area (TPSA) is 80.4 Å². The molecule has 0 amide bonds. The summed E-state index contributed by atoms with van der Waals surface area (Å²) in [6.07, 6.45) is 0.0548. The highest BCUT2D eigenvalue weighted by atomic mass is 35.5. The Morgan fingerprint density at radius 3 is 2.59 bits per heavy atom. The van der Waals surface area contributed by atoms with E-state index in [1.807, 2.05) is 0 Å². The molecule has 0 bridgehead atoms. The van der Waals surface area contributed by atoms with Crippen LogP contribution in [0.1, 0.15) is 19.4 Å². The Balaban J connectivity index is 3.17. The summed E-state index contributed by atoms with van der Waals surface area (Å²) in [5.41, 5.74) is -0.853. The third-order valence-corrected chi connectivity index (χ3v) is 2.68. The summed E-state index contributed by atoms with van der Waals surface area (Å²) < 4.78 is 0. The lowest BCUT2D eigenvalue weighted by Crippen LogP contribution is -2.26. The average molecular weight is 258 g/mol. The fraction of sp³-hybridized carbons (Fsp3) is 0.364. The number of hydrogen-bond donors (Lipinski definition) is 1. The van der Waals surface area contributed by atoms with Crippen molar-refractivity contribution in [3.63, 3.8) is 0 Å². The summed E-state index contributed by atoms with van der Waals surface area (Å²) in [4.78, 5) is 21.3. The Kier molecular flexibility index (Phi) is 3.72. The van der Waals surface area contributed by atoms with Crippen LogP contribution >= 0.6 is 11.6 Å². The molecule has 0 heterocycles. The Labute approximate surface area is 103 Å². The van der Waals surface area contributed by atoms with Crippen LogP contribution in [0, 0.1) is 15.5 Å². The van der Waals surface area contributed by atoms with E-state index in [2.05, 4.69) is 0 Å². The van der Waals surface area contributed by atoms with Crippen molar-refractivity contribution in [2.45, 2.75) is 20.3 Å². The molecule has 5 nitrogen and oxygen atoms in total. The van der Waals surface area contributed by atoms with Crippen LogP contribution in [-0.4, -0.2) is 16.0 Å². The molecule has 1 rings (SSSR count). The van der Waals surface area contributed by atoms with Gasteiger partial charge in [-0.2, -0.15) is 0 Å². The summed E-state index contributed by atoms with van der Waals surface area (Å²) in [5, 5.41) is 20.2. The molecule has 0 unspecified atom stereocenters. The lowest BCUT2D eigenvalue weighted by Gasteiger charge is -2.18. The number of nitro benzene ring substituents is 1. The van der Waals surface area contributed by atoms with Gasteiger partial charge in [0.1, 0.15) is 0 Å². The van der Waals surface area contributed by atoms with E-state index in [0.29, 0.717) is 10.6 Å². The van der Waals surface area contributed by atoms with Crippen LogP contribution in [0.3, 0.4) is 0 Å². The van der Waals surface area contributed by atoms with Crippen LogP contribution in [0.5, 0.6) is 0 Å². The standard InChI is InChI=1S/C11H12ClNO4/c1-11(2,10(14)15)6-7-5-8(12)3-4-9(7)13(16)17/h3-5H,6H2,1-2H3,(H,14,15). The van der Waals surface area contributed by atoms with E-state index in [0.717, 1.165) is 0 Å². The molecular weight excluding hydrogens is 246 g/mol. The fourth-order valence-electron chi connectivity index (χ4n) is 1.43. The number of carbonyl (C=O) groups is 1. The molecule has 0 aliphatic heterocycles. The minimum absolute atomic E-state index is 0.0548. The maximum atomic E-state index is 11.0. The summed E-state index contributed by atoms with van der Waals surface area (Å²) in [5.74, 6) is -1.01. The van der Waals surface area contributed by atoms with E-state index >= 15 is 0 Å². The van der Waals surface area contributed by atoms with Crippen molar-refractivity contribution in [1.82, 2.24) is 0 Å². The van der Waals surface area contributed by atoms with Gasteiger partial charge in [0.25, 0.3) is 5.69 Å². The minimum Gasteiger partial charge on any atom is -0.481 e. The smallest absolute Gasteiger partial charge is 0.309 e. The zero-order valence-corrected chi connectivity index (χ0v) is 10.2. The fourth-order valence-corrected chi connectivity index (χ4v) is 1.62. The monoisotopic (exact) mass is 257 g/mol. The molecule has 6 heteroatoms. The van der Waals surface area contributed by atoms with Crippen molar-refractivity contribution in [3.05, 3.63) is 38.9 Å². The van der Waals surface area contributed by atoms with Crippen molar-refractivity contribution < 1.29 is 14.8 Å². The van der Waals surface area contributed by atoms with Gasteiger partial charge in [-0.15, -0.1) is 0 Å². The molecular formula is C11H12ClNO4. The van der Waals surface area contributed by atoms with Gasteiger partial charge in [-0.1, -0.05) is 11.6 Å². The minimum atomic E-state index is -1.07. The normalized spacial score (nSPS) is 11.2. The Morgan fingerprint density at radius 2 is 2.12 bits per heavy atom. The molecule has 1 aromatic carbocycles. The highest BCUT2D eigenvalue weighted by Gasteiger charge is 2.30. The predicted molar refractivity (Wildman–Crippen MR) is 63.2 cm³/mol. The molecule has 0 aromatic heterocycles. The quantitative estimate of drug-likeness (QED) is 0.664. The number of benzene rings is 1. The predicted octanol–water partition coefficient (Wildman–Crippen LogP) is 2.90. The van der Waals surface area contributed by atoms with E-state index < -0.39 is 16.3 Å². The second-order valence-electron chi connectivity index (χ2n) is 4.40. The second-order valence-corrected chi connectivity index (χ2v) is 4.83. The molecule has 0 radical (unpaired) electrons. The Hall–Kier alpha value is -1.62. The van der Waals surface area contributed by atoms with Crippen LogP contribution in [0.15, 0.2) is 18.2 Å². The molecule has 0 saturated carbocycles. The Bertz CT molecular complexity index is 471. The van der Waals surface area contributed by atoms with Gasteiger partial charge >= 0.3 is 5.97 Å². The van der Waals surface area contributed by atoms with E-state index in [4.69, 9.17) is 16.7 Å². The number of aliphatic carboxylic acids is 1. The lowest BCUT2D eigenvalue weighted by molar-refractivity contribution is -0.385. The number of carboxylic acids is 1. The maximum absolute atomic E-state index is 11.0. The van der Waals surface area contributed by atoms with Crippen molar-refractivity contribution in [2.24, 2.45) is 5.41 Å². The van der Waals surface area contributed by atoms with Gasteiger partial charge < -0.3 is 5.11 Å². The molecule has 1 aromatic rings. The van der Waals surface area contributed by atoms with Crippen molar-refractivity contribution in [1.29, 1.82) is 0 Å². The number of rotatable bonds is 4. The van der Waals surface area contributed by atoms with Gasteiger partial charge in [0.15, 0.2) is 0 Å². The SMILES string of the molecule is CC(C)(Cc1cc(Cl)ccc1[N+](=O)[O-])C(=O)O. The Morgan fingerprint density at radius 1 is 1.53 bits per heavy atom. The van der Waals surface area contributed by atoms with Crippen molar-refractivity contribution >= 4 is 23.3 Å². The molecule has 17 heavy (non-hydrogen) atoms. The van der Waals surface area contributed by atoms with Crippen LogP contribution in [-0.2, 0) is 11.2 Å². The van der Waals surface area contributed by atoms with E-state index in [1.165, 1.54) is 32.0 Å². The number of hydrogen-bond acceptors (Lipinski definition) is 3. The molecule has 92 valence electrons. The van der Waals surface area contributed by atoms with E-state index in [9.17, 15) is 14.9 Å². The number of nitro groups is 1. The second kappa shape index (κ2) is 4.71. The number of nitrogens with zero attached hydrogens (tertiary/aromatic N) is 1. The molecule has 0 saturated heterocycles. The van der Waals surface area contributed by atoms with Crippen molar-refractivity contribution in [2.75, 3.05) is 0 Å². The molecule has 0 aliphatic rings. The molecule has 0 atom stereocenters. The number of halogens is 1. The van der Waals surface area contributed by atoms with Crippen LogP contribution in [0.2, 0.25) is 5.02 Å². The largest absolute Gasteiger partial charge is 0.481 e. The lowest BCUT2D eigenvalue weighted by atomic mass is 9.85. The van der Waals surface area contributed by atoms with Gasteiger partial charge in [0.05, 0.1) is 10.3 Å². The van der Waals surface area contributed by atoms with Crippen LogP contribution in [0.25, 0.3) is 0 Å².